The topological polar surface area (TPSA) is 91.3 Å². The molecule has 9 heteroatoms. The van der Waals surface area contributed by atoms with E-state index in [9.17, 15) is 9.59 Å². The molecule has 8 nitrogen and oxygen atoms in total. The molecule has 1 fully saturated rings. The van der Waals surface area contributed by atoms with E-state index < -0.39 is 0 Å². The van der Waals surface area contributed by atoms with E-state index >= 15 is 0 Å². The van der Waals surface area contributed by atoms with Crippen molar-refractivity contribution >= 4 is 35.2 Å². The Labute approximate surface area is 203 Å². The molecule has 1 saturated heterocycles. The quantitative estimate of drug-likeness (QED) is 0.475. The number of aromatic nitrogens is 3. The summed E-state index contributed by atoms with van der Waals surface area (Å²) >= 11 is 1.69. The lowest BCUT2D eigenvalue weighted by Gasteiger charge is -2.34. The number of carbonyl (C=O) groups is 2. The third-order valence-corrected chi connectivity index (χ3v) is 6.50. The predicted molar refractivity (Wildman–Crippen MR) is 135 cm³/mol. The van der Waals surface area contributed by atoms with Gasteiger partial charge in [-0.3, -0.25) is 14.6 Å². The maximum Gasteiger partial charge on any atom is 0.227 e. The Morgan fingerprint density at radius 1 is 0.882 bits per heavy atom. The first kappa shape index (κ1) is 23.7. The van der Waals surface area contributed by atoms with Gasteiger partial charge in [0.25, 0.3) is 0 Å². The minimum Gasteiger partial charge on any atom is -0.339 e. The average molecular weight is 477 g/mol. The molecule has 3 aromatic rings. The van der Waals surface area contributed by atoms with Gasteiger partial charge in [0.15, 0.2) is 0 Å². The summed E-state index contributed by atoms with van der Waals surface area (Å²) < 4.78 is 0. The molecule has 1 aliphatic heterocycles. The molecule has 2 aromatic heterocycles. The summed E-state index contributed by atoms with van der Waals surface area (Å²) in [6.45, 7) is 2.76. The van der Waals surface area contributed by atoms with Crippen LogP contribution in [0.4, 0.5) is 11.6 Å². The van der Waals surface area contributed by atoms with Gasteiger partial charge in [-0.25, -0.2) is 9.97 Å². The van der Waals surface area contributed by atoms with Crippen LogP contribution in [0.3, 0.4) is 0 Å². The number of hydrogen-bond acceptors (Lipinski definition) is 7. The average Bonchev–Trinajstić information content (AvgIpc) is 2.89. The number of pyridine rings is 1. The number of thioether (sulfide) groups is 1. The van der Waals surface area contributed by atoms with Crippen molar-refractivity contribution in [3.8, 4) is 0 Å². The second-order valence-corrected chi connectivity index (χ2v) is 9.07. The van der Waals surface area contributed by atoms with Crippen LogP contribution >= 0.6 is 11.8 Å². The van der Waals surface area contributed by atoms with E-state index in [0.29, 0.717) is 31.9 Å². The maximum absolute atomic E-state index is 12.7. The molecule has 34 heavy (non-hydrogen) atoms. The molecular weight excluding hydrogens is 448 g/mol. The van der Waals surface area contributed by atoms with Crippen LogP contribution in [0.25, 0.3) is 0 Å². The van der Waals surface area contributed by atoms with Gasteiger partial charge in [-0.1, -0.05) is 18.2 Å². The van der Waals surface area contributed by atoms with Crippen LogP contribution in [-0.4, -0.2) is 63.6 Å². The van der Waals surface area contributed by atoms with Gasteiger partial charge in [0.05, 0.1) is 12.1 Å². The second-order valence-electron chi connectivity index (χ2n) is 7.96. The molecule has 0 spiro atoms. The van der Waals surface area contributed by atoms with Gasteiger partial charge in [0.2, 0.25) is 17.8 Å². The molecule has 0 aliphatic carbocycles. The lowest BCUT2D eigenvalue weighted by molar-refractivity contribution is -0.130. The zero-order valence-corrected chi connectivity index (χ0v) is 19.8. The number of anilines is 2. The lowest BCUT2D eigenvalue weighted by atomic mass is 10.1. The largest absolute Gasteiger partial charge is 0.339 e. The first-order valence-electron chi connectivity index (χ1n) is 11.3. The van der Waals surface area contributed by atoms with E-state index in [4.69, 9.17) is 0 Å². The van der Waals surface area contributed by atoms with E-state index in [1.54, 1.807) is 36.4 Å². The minimum absolute atomic E-state index is 0.0161. The van der Waals surface area contributed by atoms with Crippen molar-refractivity contribution in [1.82, 2.24) is 19.9 Å². The number of nitrogens with zero attached hydrogens (tertiary/aromatic N) is 5. The predicted octanol–water partition coefficient (Wildman–Crippen LogP) is 3.02. The highest BCUT2D eigenvalue weighted by Crippen LogP contribution is 2.15. The first-order valence-corrected chi connectivity index (χ1v) is 12.5. The van der Waals surface area contributed by atoms with Gasteiger partial charge < -0.3 is 15.1 Å². The molecule has 3 heterocycles. The Kier molecular flexibility index (Phi) is 8.45. The molecule has 0 bridgehead atoms. The molecule has 1 aromatic carbocycles. The van der Waals surface area contributed by atoms with Crippen LogP contribution < -0.4 is 10.2 Å². The van der Waals surface area contributed by atoms with Crippen LogP contribution in [0.15, 0.2) is 67.1 Å². The fraction of sp³-hybridized carbons (Fsp3) is 0.320. The molecular formula is C25H28N6O2S. The standard InChI is InChI=1S/C25H28N6O2S/c32-23(9-17-34-19-22-4-1-2-10-26-22)29-21-7-5-20(6-8-21)18-24(33)30-13-15-31(16-14-30)25-27-11-3-12-28-25/h1-8,10-12H,9,13-19H2,(H,29,32). The molecule has 0 saturated carbocycles. The number of rotatable bonds is 9. The lowest BCUT2D eigenvalue weighted by Crippen LogP contribution is -2.49. The normalized spacial score (nSPS) is 13.5. The number of benzene rings is 1. The van der Waals surface area contributed by atoms with Crippen LogP contribution in [0.2, 0.25) is 0 Å². The van der Waals surface area contributed by atoms with Gasteiger partial charge >= 0.3 is 0 Å². The van der Waals surface area contributed by atoms with Crippen LogP contribution in [0.5, 0.6) is 0 Å². The Hall–Kier alpha value is -3.46. The van der Waals surface area contributed by atoms with Crippen molar-refractivity contribution in [1.29, 1.82) is 0 Å². The van der Waals surface area contributed by atoms with E-state index in [1.807, 2.05) is 47.4 Å². The highest BCUT2D eigenvalue weighted by molar-refractivity contribution is 7.98. The Morgan fingerprint density at radius 3 is 2.32 bits per heavy atom. The van der Waals surface area contributed by atoms with Crippen molar-refractivity contribution in [2.45, 2.75) is 18.6 Å². The summed E-state index contributed by atoms with van der Waals surface area (Å²) in [5.41, 5.74) is 2.69. The molecule has 2 amide bonds. The number of amides is 2. The number of carbonyl (C=O) groups excluding carboxylic acids is 2. The minimum atomic E-state index is -0.0161. The van der Waals surface area contributed by atoms with E-state index in [-0.39, 0.29) is 11.8 Å². The summed E-state index contributed by atoms with van der Waals surface area (Å²) in [7, 11) is 0. The molecule has 0 radical (unpaired) electrons. The molecule has 0 atom stereocenters. The number of piperazine rings is 1. The molecule has 4 rings (SSSR count). The summed E-state index contributed by atoms with van der Waals surface area (Å²) in [5.74, 6) is 2.33. The highest BCUT2D eigenvalue weighted by Gasteiger charge is 2.22. The van der Waals surface area contributed by atoms with Gasteiger partial charge in [0, 0.05) is 68.4 Å². The van der Waals surface area contributed by atoms with Gasteiger partial charge in [-0.05, 0) is 35.9 Å². The zero-order chi connectivity index (χ0) is 23.6. The molecule has 0 unspecified atom stereocenters. The van der Waals surface area contributed by atoms with Crippen LogP contribution in [-0.2, 0) is 21.8 Å². The van der Waals surface area contributed by atoms with Crippen molar-refractivity contribution in [2.24, 2.45) is 0 Å². The highest BCUT2D eigenvalue weighted by atomic mass is 32.2. The van der Waals surface area contributed by atoms with Crippen LogP contribution in [0, 0.1) is 0 Å². The Balaban J connectivity index is 1.16. The Bertz CT molecular complexity index is 1060. The Morgan fingerprint density at radius 2 is 1.62 bits per heavy atom. The van der Waals surface area contributed by atoms with Crippen molar-refractivity contribution < 1.29 is 9.59 Å². The molecule has 1 aliphatic rings. The zero-order valence-electron chi connectivity index (χ0n) is 19.0. The number of nitrogens with one attached hydrogen (secondary N) is 1. The monoisotopic (exact) mass is 476 g/mol. The van der Waals surface area contributed by atoms with Gasteiger partial charge in [-0.15, -0.1) is 0 Å². The van der Waals surface area contributed by atoms with Gasteiger partial charge in [-0.2, -0.15) is 11.8 Å². The van der Waals surface area contributed by atoms with E-state index in [0.717, 1.165) is 41.5 Å². The SMILES string of the molecule is O=C(CCSCc1ccccn1)Nc1ccc(CC(=O)N2CCN(c3ncccn3)CC2)cc1. The summed E-state index contributed by atoms with van der Waals surface area (Å²) in [5, 5.41) is 2.92. The summed E-state index contributed by atoms with van der Waals surface area (Å²) in [4.78, 5) is 41.8. The maximum atomic E-state index is 12.7. The third kappa shape index (κ3) is 7.02. The third-order valence-electron chi connectivity index (χ3n) is 5.51. The van der Waals surface area contributed by atoms with Crippen LogP contribution in [0.1, 0.15) is 17.7 Å². The summed E-state index contributed by atoms with van der Waals surface area (Å²) in [6.07, 6.45) is 6.03. The fourth-order valence-corrected chi connectivity index (χ4v) is 4.51. The van der Waals surface area contributed by atoms with Crippen molar-refractivity contribution in [3.05, 3.63) is 78.4 Å². The number of hydrogen-bond donors (Lipinski definition) is 1. The second kappa shape index (κ2) is 12.1. The summed E-state index contributed by atoms with van der Waals surface area (Å²) in [6, 6.07) is 15.1. The van der Waals surface area contributed by atoms with E-state index in [2.05, 4.69) is 25.2 Å². The van der Waals surface area contributed by atoms with Crippen molar-refractivity contribution in [2.75, 3.05) is 42.1 Å². The van der Waals surface area contributed by atoms with Crippen molar-refractivity contribution in [3.63, 3.8) is 0 Å². The van der Waals surface area contributed by atoms with Gasteiger partial charge in [0.1, 0.15) is 0 Å². The van der Waals surface area contributed by atoms with E-state index in [1.165, 1.54) is 0 Å². The first-order chi connectivity index (χ1) is 16.7. The smallest absolute Gasteiger partial charge is 0.227 e. The fourth-order valence-electron chi connectivity index (χ4n) is 3.65. The molecule has 176 valence electrons. The molecule has 1 N–H and O–H groups in total.